The predicted octanol–water partition coefficient (Wildman–Crippen LogP) is 5.62. The Bertz CT molecular complexity index is 963. The van der Waals surface area contributed by atoms with Gasteiger partial charge in [-0.2, -0.15) is 0 Å². The van der Waals surface area contributed by atoms with E-state index >= 15 is 0 Å². The molecule has 0 aliphatic rings. The number of H-pyrrole nitrogens is 1. The number of benzene rings is 2. The van der Waals surface area contributed by atoms with E-state index in [1.54, 1.807) is 0 Å². The summed E-state index contributed by atoms with van der Waals surface area (Å²) in [4.78, 5) is 8.05. The minimum absolute atomic E-state index is 0.746. The Labute approximate surface area is 141 Å². The highest BCUT2D eigenvalue weighted by atomic mass is 16.3. The van der Waals surface area contributed by atoms with Crippen LogP contribution in [0.1, 0.15) is 11.3 Å². The van der Waals surface area contributed by atoms with Gasteiger partial charge in [0.05, 0.1) is 5.69 Å². The first-order valence-corrected chi connectivity index (χ1v) is 8.00. The fourth-order valence-corrected chi connectivity index (χ4v) is 2.79. The summed E-state index contributed by atoms with van der Waals surface area (Å²) in [7, 11) is 0. The third kappa shape index (κ3) is 2.65. The number of rotatable bonds is 3. The lowest BCUT2D eigenvalue weighted by atomic mass is 10.1. The zero-order valence-electron chi connectivity index (χ0n) is 13.7. The van der Waals surface area contributed by atoms with E-state index in [1.165, 1.54) is 5.56 Å². The van der Waals surface area contributed by atoms with Gasteiger partial charge >= 0.3 is 0 Å². The molecule has 24 heavy (non-hydrogen) atoms. The molecule has 0 fully saturated rings. The monoisotopic (exact) mass is 314 g/mol. The molecule has 2 aromatic heterocycles. The molecule has 0 aliphatic heterocycles. The van der Waals surface area contributed by atoms with Gasteiger partial charge < -0.3 is 9.40 Å². The molecule has 0 saturated heterocycles. The molecular weight excluding hydrogens is 296 g/mol. The number of hydrogen-bond acceptors (Lipinski definition) is 2. The average Bonchev–Trinajstić information content (AvgIpc) is 3.23. The summed E-state index contributed by atoms with van der Waals surface area (Å²) in [6, 6.07) is 22.4. The van der Waals surface area contributed by atoms with Crippen LogP contribution in [0.2, 0.25) is 0 Å². The van der Waals surface area contributed by atoms with E-state index in [2.05, 4.69) is 48.3 Å². The van der Waals surface area contributed by atoms with E-state index in [9.17, 15) is 0 Å². The van der Waals surface area contributed by atoms with Crippen LogP contribution in [0.15, 0.2) is 71.1 Å². The summed E-state index contributed by atoms with van der Waals surface area (Å²) < 4.78 is 6.01. The molecule has 0 saturated carbocycles. The highest BCUT2D eigenvalue weighted by Gasteiger charge is 2.13. The van der Waals surface area contributed by atoms with Gasteiger partial charge in [-0.1, -0.05) is 60.2 Å². The summed E-state index contributed by atoms with van der Waals surface area (Å²) >= 11 is 0. The van der Waals surface area contributed by atoms with E-state index in [-0.39, 0.29) is 0 Å². The molecule has 2 aromatic carbocycles. The van der Waals surface area contributed by atoms with Crippen LogP contribution in [0.3, 0.4) is 0 Å². The van der Waals surface area contributed by atoms with Crippen molar-refractivity contribution in [3.63, 3.8) is 0 Å². The molecule has 0 amide bonds. The van der Waals surface area contributed by atoms with E-state index in [4.69, 9.17) is 9.40 Å². The Kier molecular flexibility index (Phi) is 3.54. The average molecular weight is 314 g/mol. The van der Waals surface area contributed by atoms with Gasteiger partial charge in [0, 0.05) is 16.8 Å². The van der Waals surface area contributed by atoms with Crippen LogP contribution in [0.4, 0.5) is 0 Å². The number of aromatic amines is 1. The fourth-order valence-electron chi connectivity index (χ4n) is 2.79. The molecule has 0 bridgehead atoms. The number of nitrogens with zero attached hydrogens (tertiary/aromatic N) is 1. The number of aromatic nitrogens is 2. The molecule has 0 radical (unpaired) electrons. The Hall–Kier alpha value is -3.07. The zero-order valence-corrected chi connectivity index (χ0v) is 13.7. The second-order valence-electron chi connectivity index (χ2n) is 5.95. The molecule has 3 nitrogen and oxygen atoms in total. The van der Waals surface area contributed by atoms with Gasteiger partial charge in [-0.3, -0.25) is 0 Å². The SMILES string of the molecule is Cc1ccc(-c2ccc(-c3nc(-c4ccccc4)c(C)[nH]3)o2)cc1. The minimum Gasteiger partial charge on any atom is -0.453 e. The zero-order chi connectivity index (χ0) is 16.5. The van der Waals surface area contributed by atoms with E-state index in [0.717, 1.165) is 39.9 Å². The molecule has 4 aromatic rings. The van der Waals surface area contributed by atoms with Gasteiger partial charge in [0.1, 0.15) is 5.76 Å². The van der Waals surface area contributed by atoms with Gasteiger partial charge in [-0.15, -0.1) is 0 Å². The number of aryl methyl sites for hydroxylation is 2. The Morgan fingerprint density at radius 1 is 0.750 bits per heavy atom. The van der Waals surface area contributed by atoms with Crippen LogP contribution >= 0.6 is 0 Å². The van der Waals surface area contributed by atoms with Gasteiger partial charge in [0.2, 0.25) is 0 Å². The lowest BCUT2D eigenvalue weighted by Gasteiger charge is -1.97. The highest BCUT2D eigenvalue weighted by molar-refractivity contribution is 5.67. The lowest BCUT2D eigenvalue weighted by Crippen LogP contribution is -1.79. The predicted molar refractivity (Wildman–Crippen MR) is 96.6 cm³/mol. The van der Waals surface area contributed by atoms with Crippen LogP contribution in [0.25, 0.3) is 34.2 Å². The number of hydrogen-bond donors (Lipinski definition) is 1. The molecule has 0 spiro atoms. The summed E-state index contributed by atoms with van der Waals surface area (Å²) in [5, 5.41) is 0. The van der Waals surface area contributed by atoms with Crippen LogP contribution in [-0.2, 0) is 0 Å². The Morgan fingerprint density at radius 3 is 2.21 bits per heavy atom. The summed E-state index contributed by atoms with van der Waals surface area (Å²) in [6.45, 7) is 4.11. The lowest BCUT2D eigenvalue weighted by molar-refractivity contribution is 0.593. The molecule has 2 heterocycles. The molecule has 0 unspecified atom stereocenters. The molecule has 118 valence electrons. The van der Waals surface area contributed by atoms with Crippen molar-refractivity contribution in [3.05, 3.63) is 78.0 Å². The maximum Gasteiger partial charge on any atom is 0.174 e. The molecule has 0 aliphatic carbocycles. The maximum absolute atomic E-state index is 6.01. The molecular formula is C21H18N2O. The van der Waals surface area contributed by atoms with E-state index in [1.807, 2.05) is 37.3 Å². The van der Waals surface area contributed by atoms with Crippen LogP contribution in [-0.4, -0.2) is 9.97 Å². The van der Waals surface area contributed by atoms with Crippen LogP contribution in [0.5, 0.6) is 0 Å². The first kappa shape index (κ1) is 14.5. The van der Waals surface area contributed by atoms with Gasteiger partial charge in [-0.25, -0.2) is 4.98 Å². The second-order valence-corrected chi connectivity index (χ2v) is 5.95. The summed E-state index contributed by atoms with van der Waals surface area (Å²) in [5.41, 5.74) is 5.39. The third-order valence-corrected chi connectivity index (χ3v) is 4.11. The van der Waals surface area contributed by atoms with E-state index < -0.39 is 0 Å². The Balaban J connectivity index is 1.69. The number of furan rings is 1. The number of nitrogens with one attached hydrogen (secondary N) is 1. The molecule has 3 heteroatoms. The molecule has 4 rings (SSSR count). The van der Waals surface area contributed by atoms with Crippen molar-refractivity contribution in [3.8, 4) is 34.2 Å². The summed E-state index contributed by atoms with van der Waals surface area (Å²) in [5.74, 6) is 2.35. The molecule has 0 atom stereocenters. The van der Waals surface area contributed by atoms with Crippen molar-refractivity contribution in [2.45, 2.75) is 13.8 Å². The summed E-state index contributed by atoms with van der Waals surface area (Å²) in [6.07, 6.45) is 0. The van der Waals surface area contributed by atoms with Gasteiger partial charge in [0.15, 0.2) is 11.6 Å². The number of imidazole rings is 1. The van der Waals surface area contributed by atoms with Crippen LogP contribution in [0, 0.1) is 13.8 Å². The Morgan fingerprint density at radius 2 is 1.46 bits per heavy atom. The maximum atomic E-state index is 6.01. The topological polar surface area (TPSA) is 41.8 Å². The van der Waals surface area contributed by atoms with Crippen molar-refractivity contribution in [2.75, 3.05) is 0 Å². The smallest absolute Gasteiger partial charge is 0.174 e. The quantitative estimate of drug-likeness (QED) is 0.533. The normalized spacial score (nSPS) is 10.9. The van der Waals surface area contributed by atoms with Crippen molar-refractivity contribution >= 4 is 0 Å². The van der Waals surface area contributed by atoms with Crippen molar-refractivity contribution in [1.29, 1.82) is 0 Å². The van der Waals surface area contributed by atoms with Crippen LogP contribution < -0.4 is 0 Å². The largest absolute Gasteiger partial charge is 0.453 e. The van der Waals surface area contributed by atoms with Gasteiger partial charge in [0.25, 0.3) is 0 Å². The fraction of sp³-hybridized carbons (Fsp3) is 0.0952. The first-order chi connectivity index (χ1) is 11.7. The standard InChI is InChI=1S/C21H18N2O/c1-14-8-10-16(11-9-14)18-12-13-19(24-18)21-22-15(2)20(23-21)17-6-4-3-5-7-17/h3-13H,1-2H3,(H,22,23). The molecule has 1 N–H and O–H groups in total. The van der Waals surface area contributed by atoms with Crippen molar-refractivity contribution < 1.29 is 4.42 Å². The van der Waals surface area contributed by atoms with Crippen molar-refractivity contribution in [2.24, 2.45) is 0 Å². The van der Waals surface area contributed by atoms with E-state index in [0.29, 0.717) is 0 Å². The minimum atomic E-state index is 0.746. The van der Waals surface area contributed by atoms with Crippen molar-refractivity contribution in [1.82, 2.24) is 9.97 Å². The first-order valence-electron chi connectivity index (χ1n) is 8.00. The van der Waals surface area contributed by atoms with Gasteiger partial charge in [-0.05, 0) is 26.0 Å². The second kappa shape index (κ2) is 5.85. The third-order valence-electron chi connectivity index (χ3n) is 4.11. The highest BCUT2D eigenvalue weighted by Crippen LogP contribution is 2.30.